The molecule has 1 aliphatic rings. The van der Waals surface area contributed by atoms with Crippen LogP contribution in [-0.2, 0) is 32.0 Å². The molecular formula is C20H27NO4S. The van der Waals surface area contributed by atoms with Crippen LogP contribution in [0.1, 0.15) is 43.7 Å². The molecule has 142 valence electrons. The van der Waals surface area contributed by atoms with Crippen LogP contribution in [0.25, 0.3) is 0 Å². The lowest BCUT2D eigenvalue weighted by Gasteiger charge is -2.23. The molecule has 0 saturated carbocycles. The summed E-state index contributed by atoms with van der Waals surface area (Å²) < 4.78 is 4.84. The number of carbonyl (C=O) groups is 3. The number of aryl methyl sites for hydroxylation is 1. The van der Waals surface area contributed by atoms with Crippen LogP contribution >= 0.6 is 11.8 Å². The second-order valence-corrected chi connectivity index (χ2v) is 7.85. The monoisotopic (exact) mass is 377 g/mol. The molecule has 2 rings (SSSR count). The van der Waals surface area contributed by atoms with Crippen molar-refractivity contribution in [3.05, 3.63) is 35.4 Å². The van der Waals surface area contributed by atoms with Crippen LogP contribution < -0.4 is 5.32 Å². The normalized spacial score (nSPS) is 21.5. The Kier molecular flexibility index (Phi) is 8.16. The van der Waals surface area contributed by atoms with Crippen molar-refractivity contribution < 1.29 is 19.1 Å². The van der Waals surface area contributed by atoms with Crippen molar-refractivity contribution in [3.8, 4) is 0 Å². The minimum Gasteiger partial charge on any atom is -0.467 e. The summed E-state index contributed by atoms with van der Waals surface area (Å²) in [7, 11) is 1.34. The summed E-state index contributed by atoms with van der Waals surface area (Å²) in [5, 5.41) is 2.84. The van der Waals surface area contributed by atoms with E-state index in [4.69, 9.17) is 4.74 Å². The number of ether oxygens (including phenoxy) is 1. The number of rotatable bonds is 3. The lowest BCUT2D eigenvalue weighted by Crippen LogP contribution is -2.45. The van der Waals surface area contributed by atoms with Crippen LogP contribution in [0.5, 0.6) is 0 Å². The molecule has 5 nitrogen and oxygen atoms in total. The lowest BCUT2D eigenvalue weighted by atomic mass is 9.92. The first-order valence-electron chi connectivity index (χ1n) is 9.09. The summed E-state index contributed by atoms with van der Waals surface area (Å²) in [6, 6.07) is 7.56. The van der Waals surface area contributed by atoms with Gasteiger partial charge in [-0.15, -0.1) is 0 Å². The molecule has 0 saturated heterocycles. The van der Waals surface area contributed by atoms with E-state index in [-0.39, 0.29) is 16.9 Å². The predicted octanol–water partition coefficient (Wildman–Crippen LogP) is 2.90. The summed E-state index contributed by atoms with van der Waals surface area (Å²) in [4.78, 5) is 36.2. The number of methoxy groups -OCH3 is 1. The van der Waals surface area contributed by atoms with Gasteiger partial charge in [0.1, 0.15) is 6.04 Å². The molecule has 1 heterocycles. The number of fused-ring (bicyclic) bond motifs is 1. The third kappa shape index (κ3) is 6.16. The molecule has 1 aliphatic heterocycles. The third-order valence-corrected chi connectivity index (χ3v) is 5.66. The van der Waals surface area contributed by atoms with Gasteiger partial charge in [-0.05, 0) is 36.8 Å². The first-order valence-corrected chi connectivity index (χ1v) is 10.1. The van der Waals surface area contributed by atoms with Crippen molar-refractivity contribution in [1.82, 2.24) is 5.32 Å². The average Bonchev–Trinajstić information content (AvgIpc) is 2.62. The number of nitrogens with one attached hydrogen (secondary N) is 1. The quantitative estimate of drug-likeness (QED) is 0.820. The molecule has 2 atom stereocenters. The summed E-state index contributed by atoms with van der Waals surface area (Å²) >= 11 is 1.15. The van der Waals surface area contributed by atoms with Crippen molar-refractivity contribution >= 4 is 28.8 Å². The maximum Gasteiger partial charge on any atom is 0.328 e. The van der Waals surface area contributed by atoms with E-state index in [0.717, 1.165) is 43.0 Å². The fraction of sp³-hybridized carbons (Fsp3) is 0.550. The van der Waals surface area contributed by atoms with Gasteiger partial charge in [0.05, 0.1) is 13.0 Å². The molecular weight excluding hydrogens is 350 g/mol. The molecule has 0 fully saturated rings. The molecule has 1 aromatic rings. The van der Waals surface area contributed by atoms with Crippen molar-refractivity contribution in [2.24, 2.45) is 5.92 Å². The fourth-order valence-electron chi connectivity index (χ4n) is 3.23. The van der Waals surface area contributed by atoms with E-state index < -0.39 is 12.0 Å². The molecule has 0 radical (unpaired) electrons. The minimum atomic E-state index is -0.619. The van der Waals surface area contributed by atoms with Gasteiger partial charge in [0.25, 0.3) is 0 Å². The second-order valence-electron chi connectivity index (χ2n) is 6.66. The van der Waals surface area contributed by atoms with Crippen LogP contribution in [0.2, 0.25) is 0 Å². The molecule has 0 aliphatic carbocycles. The molecule has 0 unspecified atom stereocenters. The molecule has 0 bridgehead atoms. The number of thioether (sulfide) groups is 1. The van der Waals surface area contributed by atoms with Gasteiger partial charge in [-0.3, -0.25) is 9.59 Å². The Morgan fingerprint density at radius 3 is 2.62 bits per heavy atom. The van der Waals surface area contributed by atoms with Crippen molar-refractivity contribution in [3.63, 3.8) is 0 Å². The number of hydrogen-bond acceptors (Lipinski definition) is 5. The molecule has 1 amide bonds. The SMILES string of the molecule is COC(=O)[C@@H]1CCCCCc2ccccc2C[C@H](CSC(C)=O)C(=O)N1. The van der Waals surface area contributed by atoms with Crippen LogP contribution in [0, 0.1) is 5.92 Å². The smallest absolute Gasteiger partial charge is 0.328 e. The highest BCUT2D eigenvalue weighted by atomic mass is 32.2. The van der Waals surface area contributed by atoms with Crippen molar-refractivity contribution in [2.75, 3.05) is 12.9 Å². The Bertz CT molecular complexity index is 646. The number of benzene rings is 1. The van der Waals surface area contributed by atoms with Crippen molar-refractivity contribution in [2.45, 2.75) is 51.5 Å². The Morgan fingerprint density at radius 1 is 1.19 bits per heavy atom. The van der Waals surface area contributed by atoms with Crippen LogP contribution in [0.3, 0.4) is 0 Å². The van der Waals surface area contributed by atoms with E-state index >= 15 is 0 Å². The van der Waals surface area contributed by atoms with Gasteiger partial charge in [-0.2, -0.15) is 0 Å². The topological polar surface area (TPSA) is 72.5 Å². The number of esters is 1. The Labute approximate surface area is 159 Å². The van der Waals surface area contributed by atoms with E-state index in [1.54, 1.807) is 0 Å². The highest BCUT2D eigenvalue weighted by Gasteiger charge is 2.27. The standard InChI is InChI=1S/C20H27NO4S/c1-14(22)26-13-17-12-16-10-7-6-9-15(16)8-4-3-5-11-18(20(24)25-2)21-19(17)23/h6-7,9-10,17-18H,3-5,8,11-13H2,1-2H3,(H,21,23)/t17-,18+/m1/s1. The summed E-state index contributed by atoms with van der Waals surface area (Å²) in [6.45, 7) is 1.50. The zero-order valence-corrected chi connectivity index (χ0v) is 16.3. The van der Waals surface area contributed by atoms with Gasteiger partial charge in [0.15, 0.2) is 5.12 Å². The summed E-state index contributed by atoms with van der Waals surface area (Å²) in [6.07, 6.45) is 5.01. The average molecular weight is 378 g/mol. The van der Waals surface area contributed by atoms with Crippen LogP contribution in [0.4, 0.5) is 0 Å². The number of carbonyl (C=O) groups excluding carboxylic acids is 3. The molecule has 1 aromatic carbocycles. The molecule has 0 aromatic heterocycles. The van der Waals surface area contributed by atoms with Gasteiger partial charge >= 0.3 is 5.97 Å². The number of amides is 1. The van der Waals surface area contributed by atoms with E-state index in [2.05, 4.69) is 17.4 Å². The van der Waals surface area contributed by atoms with E-state index in [9.17, 15) is 14.4 Å². The minimum absolute atomic E-state index is 0.0123. The van der Waals surface area contributed by atoms with E-state index in [1.807, 2.05) is 12.1 Å². The molecule has 1 N–H and O–H groups in total. The zero-order valence-electron chi connectivity index (χ0n) is 15.5. The first-order chi connectivity index (χ1) is 12.5. The molecule has 26 heavy (non-hydrogen) atoms. The van der Waals surface area contributed by atoms with Gasteiger partial charge < -0.3 is 10.1 Å². The largest absolute Gasteiger partial charge is 0.467 e. The van der Waals surface area contributed by atoms with Gasteiger partial charge in [-0.1, -0.05) is 48.9 Å². The Hall–Kier alpha value is -1.82. The van der Waals surface area contributed by atoms with Crippen LogP contribution in [0.15, 0.2) is 24.3 Å². The first kappa shape index (κ1) is 20.5. The molecule has 0 spiro atoms. The summed E-state index contributed by atoms with van der Waals surface area (Å²) in [5.74, 6) is -0.557. The summed E-state index contributed by atoms with van der Waals surface area (Å²) in [5.41, 5.74) is 2.41. The van der Waals surface area contributed by atoms with Gasteiger partial charge in [0, 0.05) is 12.7 Å². The van der Waals surface area contributed by atoms with Crippen molar-refractivity contribution in [1.29, 1.82) is 0 Å². The van der Waals surface area contributed by atoms with Gasteiger partial charge in [-0.25, -0.2) is 4.79 Å². The fourth-order valence-corrected chi connectivity index (χ4v) is 3.94. The second kappa shape index (κ2) is 10.4. The van der Waals surface area contributed by atoms with Crippen LogP contribution in [-0.4, -0.2) is 35.9 Å². The maximum absolute atomic E-state index is 12.8. The van der Waals surface area contributed by atoms with E-state index in [0.29, 0.717) is 18.6 Å². The lowest BCUT2D eigenvalue weighted by molar-refractivity contribution is -0.145. The molecule has 6 heteroatoms. The zero-order chi connectivity index (χ0) is 18.9. The Morgan fingerprint density at radius 2 is 1.92 bits per heavy atom. The highest BCUT2D eigenvalue weighted by molar-refractivity contribution is 8.13. The Balaban J connectivity index is 2.25. The predicted molar refractivity (Wildman–Crippen MR) is 103 cm³/mol. The van der Waals surface area contributed by atoms with E-state index in [1.165, 1.54) is 19.6 Å². The highest BCUT2D eigenvalue weighted by Crippen LogP contribution is 2.22. The number of hydrogen-bond donors (Lipinski definition) is 1. The van der Waals surface area contributed by atoms with Gasteiger partial charge in [0.2, 0.25) is 5.91 Å². The third-order valence-electron chi connectivity index (χ3n) is 4.68. The maximum atomic E-state index is 12.8.